The fraction of sp³-hybridized carbons (Fsp3) is 0.409. The van der Waals surface area contributed by atoms with Crippen molar-refractivity contribution in [3.05, 3.63) is 62.8 Å². The number of aromatic amines is 1. The standard InChI is InChI=1S/C22H29N3O4S/c1-14(13-29-2)24-11-16-5-3-4-15(10-16)8-9-23-12-19(27)17-6-7-18(26)20-21(17)30-22(28)25-20/h3-7,10,14,19,23-24,26-27H,8-9,11-13H2,1-2H3,(H,25,28)/t14-,19-/m0/s1. The van der Waals surface area contributed by atoms with Gasteiger partial charge in [-0.05, 0) is 37.1 Å². The zero-order chi connectivity index (χ0) is 21.5. The first-order valence-electron chi connectivity index (χ1n) is 10.0. The molecule has 7 nitrogen and oxygen atoms in total. The van der Waals surface area contributed by atoms with Crippen molar-refractivity contribution in [3.63, 3.8) is 0 Å². The molecule has 3 rings (SSSR count). The predicted octanol–water partition coefficient (Wildman–Crippen LogP) is 2.29. The van der Waals surface area contributed by atoms with E-state index in [9.17, 15) is 15.0 Å². The number of phenols is 1. The summed E-state index contributed by atoms with van der Waals surface area (Å²) in [5.74, 6) is 0.0123. The lowest BCUT2D eigenvalue weighted by Crippen LogP contribution is -2.29. The van der Waals surface area contributed by atoms with Gasteiger partial charge in [-0.15, -0.1) is 0 Å². The summed E-state index contributed by atoms with van der Waals surface area (Å²) in [6.07, 6.45) is 0.0776. The second kappa shape index (κ2) is 10.7. The minimum atomic E-state index is -0.766. The number of fused-ring (bicyclic) bond motifs is 1. The summed E-state index contributed by atoms with van der Waals surface area (Å²) in [7, 11) is 1.70. The van der Waals surface area contributed by atoms with Crippen molar-refractivity contribution in [1.29, 1.82) is 0 Å². The molecule has 2 atom stereocenters. The topological polar surface area (TPSA) is 107 Å². The van der Waals surface area contributed by atoms with Crippen LogP contribution in [0.25, 0.3) is 10.2 Å². The average molecular weight is 432 g/mol. The molecule has 0 fully saturated rings. The lowest BCUT2D eigenvalue weighted by molar-refractivity contribution is 0.171. The van der Waals surface area contributed by atoms with Gasteiger partial charge in [-0.2, -0.15) is 0 Å². The van der Waals surface area contributed by atoms with E-state index in [1.165, 1.54) is 17.2 Å². The lowest BCUT2D eigenvalue weighted by Gasteiger charge is -2.14. The maximum absolute atomic E-state index is 11.6. The summed E-state index contributed by atoms with van der Waals surface area (Å²) < 4.78 is 5.74. The Morgan fingerprint density at radius 1 is 1.23 bits per heavy atom. The summed E-state index contributed by atoms with van der Waals surface area (Å²) in [6.45, 7) is 4.65. The number of methoxy groups -OCH3 is 1. The number of benzene rings is 2. The van der Waals surface area contributed by atoms with E-state index in [4.69, 9.17) is 4.74 Å². The molecule has 0 saturated carbocycles. The van der Waals surface area contributed by atoms with E-state index >= 15 is 0 Å². The number of hydrogen-bond donors (Lipinski definition) is 5. The van der Waals surface area contributed by atoms with Crippen LogP contribution in [0.4, 0.5) is 0 Å². The molecule has 1 aromatic heterocycles. The molecule has 0 saturated heterocycles. The third kappa shape index (κ3) is 5.90. The van der Waals surface area contributed by atoms with Crippen LogP contribution >= 0.6 is 11.3 Å². The van der Waals surface area contributed by atoms with Crippen LogP contribution in [-0.2, 0) is 17.7 Å². The van der Waals surface area contributed by atoms with E-state index in [2.05, 4.69) is 46.8 Å². The third-order valence-corrected chi connectivity index (χ3v) is 5.87. The smallest absolute Gasteiger partial charge is 0.305 e. The van der Waals surface area contributed by atoms with Crippen LogP contribution in [0.2, 0.25) is 0 Å². The Labute approximate surface area is 179 Å². The van der Waals surface area contributed by atoms with Gasteiger partial charge in [0.15, 0.2) is 0 Å². The van der Waals surface area contributed by atoms with Crippen molar-refractivity contribution in [2.45, 2.75) is 32.0 Å². The highest BCUT2D eigenvalue weighted by molar-refractivity contribution is 7.16. The van der Waals surface area contributed by atoms with E-state index in [1.54, 1.807) is 13.2 Å². The number of H-pyrrole nitrogens is 1. The molecule has 3 aromatic rings. The molecule has 0 aliphatic carbocycles. The van der Waals surface area contributed by atoms with E-state index in [0.29, 0.717) is 35.0 Å². The predicted molar refractivity (Wildman–Crippen MR) is 120 cm³/mol. The van der Waals surface area contributed by atoms with Gasteiger partial charge in [0.25, 0.3) is 0 Å². The van der Waals surface area contributed by atoms with Gasteiger partial charge in [0.1, 0.15) is 11.3 Å². The zero-order valence-corrected chi connectivity index (χ0v) is 18.1. The van der Waals surface area contributed by atoms with E-state index in [1.807, 2.05) is 0 Å². The minimum absolute atomic E-state index is 0.0123. The van der Waals surface area contributed by atoms with Gasteiger partial charge in [0.2, 0.25) is 0 Å². The van der Waals surface area contributed by atoms with Gasteiger partial charge in [-0.3, -0.25) is 4.79 Å². The fourth-order valence-electron chi connectivity index (χ4n) is 3.38. The largest absolute Gasteiger partial charge is 0.506 e. The number of aromatic nitrogens is 1. The van der Waals surface area contributed by atoms with Crippen molar-refractivity contribution < 1.29 is 14.9 Å². The molecule has 5 N–H and O–H groups in total. The number of aliphatic hydroxyl groups is 1. The Morgan fingerprint density at radius 3 is 2.83 bits per heavy atom. The highest BCUT2D eigenvalue weighted by Crippen LogP contribution is 2.31. The van der Waals surface area contributed by atoms with Crippen molar-refractivity contribution in [2.75, 3.05) is 26.8 Å². The number of aliphatic hydroxyl groups excluding tert-OH is 1. The second-order valence-electron chi connectivity index (χ2n) is 7.42. The molecule has 162 valence electrons. The molecular weight excluding hydrogens is 402 g/mol. The number of phenolic OH excluding ortho intramolecular Hbond substituents is 1. The molecule has 0 spiro atoms. The third-order valence-electron chi connectivity index (χ3n) is 4.94. The molecule has 0 unspecified atom stereocenters. The van der Waals surface area contributed by atoms with Gasteiger partial charge < -0.3 is 30.6 Å². The van der Waals surface area contributed by atoms with Gasteiger partial charge in [0, 0.05) is 31.8 Å². The van der Waals surface area contributed by atoms with E-state index in [0.717, 1.165) is 30.8 Å². The first-order valence-corrected chi connectivity index (χ1v) is 10.8. The minimum Gasteiger partial charge on any atom is -0.506 e. The fourth-order valence-corrected chi connectivity index (χ4v) is 4.30. The van der Waals surface area contributed by atoms with Gasteiger partial charge in [-0.1, -0.05) is 41.7 Å². The monoisotopic (exact) mass is 431 g/mol. The molecule has 30 heavy (non-hydrogen) atoms. The number of rotatable bonds is 11. The number of aromatic hydroxyl groups is 1. The van der Waals surface area contributed by atoms with Gasteiger partial charge in [-0.25, -0.2) is 0 Å². The Hall–Kier alpha value is -2.23. The molecule has 8 heteroatoms. The van der Waals surface area contributed by atoms with Gasteiger partial charge >= 0.3 is 4.87 Å². The van der Waals surface area contributed by atoms with Crippen molar-refractivity contribution in [2.24, 2.45) is 0 Å². The first-order chi connectivity index (χ1) is 14.5. The molecule has 0 amide bonds. The van der Waals surface area contributed by atoms with Crippen LogP contribution in [0, 0.1) is 0 Å². The number of nitrogens with one attached hydrogen (secondary N) is 3. The molecule has 0 radical (unpaired) electrons. The normalized spacial score (nSPS) is 13.6. The molecule has 0 aliphatic heterocycles. The SMILES string of the molecule is COC[C@H](C)NCc1cccc(CCNC[C@H](O)c2ccc(O)c3[nH]c(=O)sc23)c1. The maximum atomic E-state index is 11.6. The summed E-state index contributed by atoms with van der Waals surface area (Å²) in [5.41, 5.74) is 3.47. The van der Waals surface area contributed by atoms with E-state index < -0.39 is 6.10 Å². The zero-order valence-electron chi connectivity index (χ0n) is 17.3. The Balaban J connectivity index is 1.50. The molecule has 0 bridgehead atoms. The highest BCUT2D eigenvalue weighted by atomic mass is 32.1. The molecule has 0 aliphatic rings. The van der Waals surface area contributed by atoms with Crippen LogP contribution in [0.15, 0.2) is 41.2 Å². The molecule has 2 aromatic carbocycles. The van der Waals surface area contributed by atoms with Gasteiger partial charge in [0.05, 0.1) is 17.4 Å². The first kappa shape index (κ1) is 22.5. The van der Waals surface area contributed by atoms with Crippen molar-refractivity contribution in [1.82, 2.24) is 15.6 Å². The van der Waals surface area contributed by atoms with Crippen molar-refractivity contribution in [3.8, 4) is 5.75 Å². The summed E-state index contributed by atoms with van der Waals surface area (Å²) >= 11 is 0.996. The number of thiazole rings is 1. The van der Waals surface area contributed by atoms with Crippen LogP contribution in [0.3, 0.4) is 0 Å². The number of hydrogen-bond acceptors (Lipinski definition) is 7. The van der Waals surface area contributed by atoms with Crippen LogP contribution in [0.5, 0.6) is 5.75 Å². The summed E-state index contributed by atoms with van der Waals surface area (Å²) in [4.78, 5) is 14.0. The lowest BCUT2D eigenvalue weighted by atomic mass is 10.1. The highest BCUT2D eigenvalue weighted by Gasteiger charge is 2.15. The Bertz CT molecular complexity index is 1020. The Kier molecular flexibility index (Phi) is 8.01. The molecular formula is C22H29N3O4S. The molecule has 1 heterocycles. The Morgan fingerprint density at radius 2 is 2.03 bits per heavy atom. The van der Waals surface area contributed by atoms with Crippen LogP contribution < -0.4 is 15.5 Å². The van der Waals surface area contributed by atoms with Crippen molar-refractivity contribution >= 4 is 21.6 Å². The average Bonchev–Trinajstić information content (AvgIpc) is 3.12. The quantitative estimate of drug-likeness (QED) is 0.298. The maximum Gasteiger partial charge on any atom is 0.305 e. The van der Waals surface area contributed by atoms with Crippen LogP contribution in [-0.4, -0.2) is 48.0 Å². The van der Waals surface area contributed by atoms with E-state index in [-0.39, 0.29) is 10.6 Å². The summed E-state index contributed by atoms with van der Waals surface area (Å²) in [5, 5.41) is 27.1. The second-order valence-corrected chi connectivity index (χ2v) is 8.40. The summed E-state index contributed by atoms with van der Waals surface area (Å²) in [6, 6.07) is 11.9. The van der Waals surface area contributed by atoms with Crippen LogP contribution in [0.1, 0.15) is 29.7 Å². The number of ether oxygens (including phenoxy) is 1.